The quantitative estimate of drug-likeness (QED) is 0.606. The van der Waals surface area contributed by atoms with E-state index >= 15 is 0 Å². The Morgan fingerprint density at radius 2 is 2.31 bits per heavy atom. The molecule has 0 aromatic carbocycles. The molecule has 82 valence electrons. The van der Waals surface area contributed by atoms with E-state index in [1.165, 1.54) is 0 Å². The third-order valence-electron chi connectivity index (χ3n) is 2.49. The molecular weight excluding hydrogens is 206 g/mol. The number of nitrogens with two attached hydrogens (primary N) is 1. The predicted octanol–water partition coefficient (Wildman–Crippen LogP) is 2.00. The van der Waals surface area contributed by atoms with E-state index in [4.69, 9.17) is 5.73 Å². The van der Waals surface area contributed by atoms with E-state index in [-0.39, 0.29) is 10.6 Å². The second kappa shape index (κ2) is 4.14. The first-order chi connectivity index (χ1) is 7.70. The highest BCUT2D eigenvalue weighted by molar-refractivity contribution is 5.81. The van der Waals surface area contributed by atoms with Gasteiger partial charge >= 0.3 is 0 Å². The van der Waals surface area contributed by atoms with Gasteiger partial charge in [0.15, 0.2) is 0 Å². The van der Waals surface area contributed by atoms with E-state index in [1.807, 2.05) is 6.08 Å². The predicted molar refractivity (Wildman–Crippen MR) is 60.9 cm³/mol. The Labute approximate surface area is 92.4 Å². The van der Waals surface area contributed by atoms with Gasteiger partial charge in [-0.2, -0.15) is 0 Å². The summed E-state index contributed by atoms with van der Waals surface area (Å²) in [6.45, 7) is 0. The molecule has 0 bridgehead atoms. The highest BCUT2D eigenvalue weighted by atomic mass is 16.6. The van der Waals surface area contributed by atoms with Crippen LogP contribution in [-0.4, -0.2) is 9.91 Å². The fraction of sp³-hybridized carbons (Fsp3) is 0.182. The smallest absolute Gasteiger partial charge is 0.254 e. The first-order valence-electron chi connectivity index (χ1n) is 4.95. The van der Waals surface area contributed by atoms with Crippen LogP contribution in [0, 0.1) is 10.1 Å². The fourth-order valence-corrected chi connectivity index (χ4v) is 1.73. The highest BCUT2D eigenvalue weighted by Gasteiger charge is 2.21. The van der Waals surface area contributed by atoms with Crippen LogP contribution >= 0.6 is 0 Å². The van der Waals surface area contributed by atoms with E-state index in [2.05, 4.69) is 4.98 Å². The number of rotatable bonds is 2. The maximum Gasteiger partial charge on any atom is 0.254 e. The lowest BCUT2D eigenvalue weighted by Crippen LogP contribution is -2.06. The van der Waals surface area contributed by atoms with Crippen molar-refractivity contribution in [2.45, 2.75) is 12.8 Å². The van der Waals surface area contributed by atoms with Gasteiger partial charge in [0.25, 0.3) is 5.70 Å². The van der Waals surface area contributed by atoms with Crippen molar-refractivity contribution in [2.75, 3.05) is 5.73 Å². The van der Waals surface area contributed by atoms with Crippen LogP contribution in [0.2, 0.25) is 0 Å². The summed E-state index contributed by atoms with van der Waals surface area (Å²) in [6, 6.07) is 3.47. The molecule has 16 heavy (non-hydrogen) atoms. The minimum absolute atomic E-state index is 0.210. The lowest BCUT2D eigenvalue weighted by Gasteiger charge is -2.10. The third kappa shape index (κ3) is 1.79. The summed E-state index contributed by atoms with van der Waals surface area (Å²) < 4.78 is 0. The van der Waals surface area contributed by atoms with Crippen LogP contribution in [0.25, 0.3) is 5.57 Å². The number of nitrogen functional groups attached to an aromatic ring is 1. The second-order valence-corrected chi connectivity index (χ2v) is 3.49. The second-order valence-electron chi connectivity index (χ2n) is 3.49. The van der Waals surface area contributed by atoms with Crippen molar-refractivity contribution in [3.8, 4) is 0 Å². The maximum atomic E-state index is 10.9. The summed E-state index contributed by atoms with van der Waals surface area (Å²) in [4.78, 5) is 14.5. The van der Waals surface area contributed by atoms with Gasteiger partial charge in [0.05, 0.1) is 10.5 Å². The Kier molecular flexibility index (Phi) is 2.68. The Bertz CT molecular complexity index is 492. The van der Waals surface area contributed by atoms with Gasteiger partial charge in [0.2, 0.25) is 0 Å². The molecule has 0 unspecified atom stereocenters. The van der Waals surface area contributed by atoms with E-state index in [9.17, 15) is 10.1 Å². The molecule has 0 amide bonds. The molecule has 2 N–H and O–H groups in total. The molecule has 1 aliphatic carbocycles. The monoisotopic (exact) mass is 217 g/mol. The number of pyridine rings is 1. The van der Waals surface area contributed by atoms with Crippen LogP contribution in [0.1, 0.15) is 18.4 Å². The summed E-state index contributed by atoms with van der Waals surface area (Å²) in [5, 5.41) is 10.9. The number of aromatic nitrogens is 1. The van der Waals surface area contributed by atoms with Crippen molar-refractivity contribution in [2.24, 2.45) is 0 Å². The minimum atomic E-state index is -0.342. The molecule has 0 atom stereocenters. The molecule has 1 heterocycles. The molecule has 0 radical (unpaired) electrons. The summed E-state index contributed by atoms with van der Waals surface area (Å²) in [5.41, 5.74) is 7.12. The van der Waals surface area contributed by atoms with Crippen molar-refractivity contribution >= 4 is 11.4 Å². The lowest BCUT2D eigenvalue weighted by molar-refractivity contribution is -0.426. The molecule has 1 aliphatic rings. The average molecular weight is 217 g/mol. The standard InChI is InChI=1S/C11H11N3O2/c12-11-9(5-3-7-13-11)8-4-1-2-6-10(8)14(15)16/h1,3-5,7H,2,6H2,(H2,12,13). The summed E-state index contributed by atoms with van der Waals surface area (Å²) in [6.07, 6.45) is 6.36. The molecule has 0 saturated heterocycles. The van der Waals surface area contributed by atoms with Gasteiger partial charge in [-0.15, -0.1) is 0 Å². The van der Waals surface area contributed by atoms with Crippen molar-refractivity contribution in [3.63, 3.8) is 0 Å². The van der Waals surface area contributed by atoms with Crippen LogP contribution in [0.3, 0.4) is 0 Å². The van der Waals surface area contributed by atoms with Gasteiger partial charge in [0.1, 0.15) is 5.82 Å². The number of allylic oxidation sites excluding steroid dienone is 4. The van der Waals surface area contributed by atoms with Gasteiger partial charge in [-0.05, 0) is 18.6 Å². The molecule has 5 nitrogen and oxygen atoms in total. The first kappa shape index (κ1) is 10.4. The number of nitrogens with zero attached hydrogens (tertiary/aromatic N) is 2. The van der Waals surface area contributed by atoms with Crippen LogP contribution in [0.5, 0.6) is 0 Å². The van der Waals surface area contributed by atoms with Gasteiger partial charge in [-0.1, -0.05) is 12.2 Å². The van der Waals surface area contributed by atoms with Crippen LogP contribution in [-0.2, 0) is 0 Å². The molecule has 0 spiro atoms. The molecule has 2 rings (SSSR count). The van der Waals surface area contributed by atoms with Gasteiger partial charge in [0, 0.05) is 18.2 Å². The normalized spacial score (nSPS) is 15.2. The molecule has 1 aromatic heterocycles. The van der Waals surface area contributed by atoms with Gasteiger partial charge in [-0.3, -0.25) is 10.1 Å². The zero-order chi connectivity index (χ0) is 11.5. The van der Waals surface area contributed by atoms with Crippen molar-refractivity contribution in [3.05, 3.63) is 51.9 Å². The van der Waals surface area contributed by atoms with Crippen LogP contribution in [0.15, 0.2) is 36.2 Å². The Hall–Kier alpha value is -2.17. The molecule has 0 saturated carbocycles. The zero-order valence-corrected chi connectivity index (χ0v) is 8.59. The molecule has 0 fully saturated rings. The summed E-state index contributed by atoms with van der Waals surface area (Å²) in [5.74, 6) is 0.323. The van der Waals surface area contributed by atoms with Gasteiger partial charge < -0.3 is 5.73 Å². The lowest BCUT2D eigenvalue weighted by atomic mass is 9.97. The van der Waals surface area contributed by atoms with Crippen molar-refractivity contribution in [1.29, 1.82) is 0 Å². The van der Waals surface area contributed by atoms with E-state index in [0.717, 1.165) is 0 Å². The topological polar surface area (TPSA) is 82.0 Å². The molecule has 1 aromatic rings. The van der Waals surface area contributed by atoms with Crippen molar-refractivity contribution in [1.82, 2.24) is 4.98 Å². The Morgan fingerprint density at radius 1 is 1.50 bits per heavy atom. The van der Waals surface area contributed by atoms with E-state index in [0.29, 0.717) is 29.8 Å². The van der Waals surface area contributed by atoms with E-state index < -0.39 is 0 Å². The van der Waals surface area contributed by atoms with Crippen LogP contribution < -0.4 is 5.73 Å². The Morgan fingerprint density at radius 3 is 3.00 bits per heavy atom. The number of nitro groups is 1. The largest absolute Gasteiger partial charge is 0.383 e. The minimum Gasteiger partial charge on any atom is -0.383 e. The molecule has 0 aliphatic heterocycles. The maximum absolute atomic E-state index is 10.9. The molecule has 5 heteroatoms. The first-order valence-corrected chi connectivity index (χ1v) is 4.95. The highest BCUT2D eigenvalue weighted by Crippen LogP contribution is 2.29. The molecular formula is C11H11N3O2. The third-order valence-corrected chi connectivity index (χ3v) is 2.49. The van der Waals surface area contributed by atoms with Crippen LogP contribution in [0.4, 0.5) is 5.82 Å². The summed E-state index contributed by atoms with van der Waals surface area (Å²) >= 11 is 0. The van der Waals surface area contributed by atoms with Crippen molar-refractivity contribution < 1.29 is 4.92 Å². The number of anilines is 1. The zero-order valence-electron chi connectivity index (χ0n) is 8.59. The summed E-state index contributed by atoms with van der Waals surface area (Å²) in [7, 11) is 0. The van der Waals surface area contributed by atoms with E-state index in [1.54, 1.807) is 24.4 Å². The Balaban J connectivity index is 2.57. The number of hydrogen-bond donors (Lipinski definition) is 1. The number of hydrogen-bond acceptors (Lipinski definition) is 4. The van der Waals surface area contributed by atoms with Gasteiger partial charge in [-0.25, -0.2) is 4.98 Å². The average Bonchev–Trinajstić information content (AvgIpc) is 2.29. The fourth-order valence-electron chi connectivity index (χ4n) is 1.73. The SMILES string of the molecule is Nc1ncccc1C1=C([N+](=O)[O-])CCC=C1.